The van der Waals surface area contributed by atoms with Crippen molar-refractivity contribution in [2.45, 2.75) is 71.1 Å². The van der Waals surface area contributed by atoms with Gasteiger partial charge in [-0.3, -0.25) is 4.79 Å². The Morgan fingerprint density at radius 1 is 1.00 bits per heavy atom. The van der Waals surface area contributed by atoms with Gasteiger partial charge in [0.2, 0.25) is 0 Å². The molecule has 2 nitrogen and oxygen atoms in total. The normalized spacial score (nSPS) is 15.8. The second-order valence-corrected chi connectivity index (χ2v) is 4.41. The van der Waals surface area contributed by atoms with E-state index in [1.165, 1.54) is 64.7 Å². The minimum Gasteiger partial charge on any atom is -0.358 e. The Morgan fingerprint density at radius 3 is 1.50 bits per heavy atom. The van der Waals surface area contributed by atoms with Gasteiger partial charge in [0.1, 0.15) is 12.1 Å². The molecule has 0 aromatic heterocycles. The van der Waals surface area contributed by atoms with Crippen LogP contribution in [0, 0.1) is 13.8 Å². The molecule has 2 fully saturated rings. The average Bonchev–Trinajstić information content (AvgIpc) is 2.98. The van der Waals surface area contributed by atoms with Gasteiger partial charge in [-0.15, -0.1) is 0 Å². The van der Waals surface area contributed by atoms with E-state index in [0.29, 0.717) is 6.29 Å². The van der Waals surface area contributed by atoms with Gasteiger partial charge >= 0.3 is 17.1 Å². The Labute approximate surface area is 124 Å². The van der Waals surface area contributed by atoms with Crippen LogP contribution in [0.3, 0.4) is 0 Å². The van der Waals surface area contributed by atoms with Crippen LogP contribution in [0.1, 0.15) is 71.1 Å². The fraction of sp³-hybridized carbons (Fsp3) is 0.733. The smallest absolute Gasteiger partial charge is 0.358 e. The predicted molar refractivity (Wildman–Crippen MR) is 73.6 cm³/mol. The number of Topliss-reactive ketones (excluding diaryl/α,β-unsaturated/α-hetero) is 1. The van der Waals surface area contributed by atoms with Crippen LogP contribution in [-0.4, -0.2) is 12.1 Å². The number of carbonyl (C=O) groups is 2. The molecule has 2 aliphatic carbocycles. The molecule has 0 unspecified atom stereocenters. The van der Waals surface area contributed by atoms with Crippen molar-refractivity contribution < 1.29 is 26.7 Å². The number of carbonyl (C=O) groups excluding carboxylic acids is 2. The minimum atomic E-state index is -0.0787. The van der Waals surface area contributed by atoms with Crippen molar-refractivity contribution >= 4 is 12.1 Å². The Balaban J connectivity index is -0.000000178. The Hall–Kier alpha value is -0.141. The molecule has 0 spiro atoms. The molecule has 0 aliphatic heterocycles. The standard InChI is InChI=1S/C5H10.C5H9.C4H6O2.CH3.Fe/c2*1-2-4-5-3-1;1-4(6)2-3-5;;/h1-5H2;1H,2-5H2;3H,2H2,1H3;1H3;/q;-1;;-1;+2. The van der Waals surface area contributed by atoms with Crippen molar-refractivity contribution in [2.24, 2.45) is 0 Å². The zero-order valence-electron chi connectivity index (χ0n) is 11.9. The first-order valence-corrected chi connectivity index (χ1v) is 6.52. The topological polar surface area (TPSA) is 34.1 Å². The van der Waals surface area contributed by atoms with Gasteiger partial charge in [0.15, 0.2) is 0 Å². The quantitative estimate of drug-likeness (QED) is 0.329. The monoisotopic (exact) mass is 296 g/mol. The van der Waals surface area contributed by atoms with Crippen LogP contribution in [0.2, 0.25) is 0 Å². The summed E-state index contributed by atoms with van der Waals surface area (Å²) in [4.78, 5) is 19.2. The van der Waals surface area contributed by atoms with Crippen molar-refractivity contribution in [3.05, 3.63) is 13.8 Å². The van der Waals surface area contributed by atoms with E-state index in [2.05, 4.69) is 6.42 Å². The minimum absolute atomic E-state index is 0. The molecule has 0 heterocycles. The van der Waals surface area contributed by atoms with E-state index in [0.717, 1.165) is 0 Å². The molecule has 0 bridgehead atoms. The van der Waals surface area contributed by atoms with E-state index < -0.39 is 0 Å². The Kier molecular flexibility index (Phi) is 24.5. The maximum Gasteiger partial charge on any atom is 2.00 e. The number of rotatable bonds is 2. The molecular formula is C15H28FeO2. The Bertz CT molecular complexity index is 148. The maximum absolute atomic E-state index is 9.81. The summed E-state index contributed by atoms with van der Waals surface area (Å²) in [5.74, 6) is -0.0787. The third-order valence-corrected chi connectivity index (χ3v) is 2.69. The van der Waals surface area contributed by atoms with Crippen LogP contribution < -0.4 is 0 Å². The summed E-state index contributed by atoms with van der Waals surface area (Å²) in [5, 5.41) is 0. The fourth-order valence-corrected chi connectivity index (χ4v) is 1.72. The first-order valence-electron chi connectivity index (χ1n) is 6.52. The van der Waals surface area contributed by atoms with Gasteiger partial charge in [-0.2, -0.15) is 12.8 Å². The first-order chi connectivity index (χ1) is 7.77. The summed E-state index contributed by atoms with van der Waals surface area (Å²) < 4.78 is 0. The van der Waals surface area contributed by atoms with Crippen LogP contribution in [-0.2, 0) is 26.7 Å². The molecule has 2 rings (SSSR count). The molecule has 2 saturated carbocycles. The number of ketones is 1. The van der Waals surface area contributed by atoms with Gasteiger partial charge in [-0.25, -0.2) is 0 Å². The fourth-order valence-electron chi connectivity index (χ4n) is 1.72. The third-order valence-electron chi connectivity index (χ3n) is 2.69. The summed E-state index contributed by atoms with van der Waals surface area (Å²) in [5.41, 5.74) is 0. The molecule has 0 radical (unpaired) electrons. The number of hydrogen-bond acceptors (Lipinski definition) is 2. The molecule has 0 N–H and O–H groups in total. The predicted octanol–water partition coefficient (Wildman–Crippen LogP) is 4.33. The van der Waals surface area contributed by atoms with Crippen LogP contribution in [0.5, 0.6) is 0 Å². The van der Waals surface area contributed by atoms with Crippen LogP contribution in [0.25, 0.3) is 0 Å². The van der Waals surface area contributed by atoms with Crippen LogP contribution in [0.15, 0.2) is 0 Å². The molecule has 0 saturated heterocycles. The van der Waals surface area contributed by atoms with E-state index in [-0.39, 0.29) is 36.7 Å². The van der Waals surface area contributed by atoms with Crippen LogP contribution >= 0.6 is 0 Å². The van der Waals surface area contributed by atoms with Gasteiger partial charge in [0.25, 0.3) is 0 Å². The van der Waals surface area contributed by atoms with Gasteiger partial charge in [-0.1, -0.05) is 44.9 Å². The summed E-state index contributed by atoms with van der Waals surface area (Å²) in [6.07, 6.45) is 16.2. The molecule has 0 aromatic rings. The molecule has 18 heavy (non-hydrogen) atoms. The summed E-state index contributed by atoms with van der Waals surface area (Å²) in [6, 6.07) is 0. The van der Waals surface area contributed by atoms with Crippen molar-refractivity contribution in [3.63, 3.8) is 0 Å². The summed E-state index contributed by atoms with van der Waals surface area (Å²) in [7, 11) is 0. The maximum atomic E-state index is 9.81. The van der Waals surface area contributed by atoms with Crippen molar-refractivity contribution in [2.75, 3.05) is 0 Å². The van der Waals surface area contributed by atoms with E-state index >= 15 is 0 Å². The first kappa shape index (κ1) is 23.0. The molecule has 0 aromatic carbocycles. The largest absolute Gasteiger partial charge is 2.00 e. The third kappa shape index (κ3) is 21.2. The van der Waals surface area contributed by atoms with Gasteiger partial charge in [-0.05, 0) is 6.92 Å². The molecule has 0 amide bonds. The van der Waals surface area contributed by atoms with Crippen molar-refractivity contribution in [3.8, 4) is 0 Å². The van der Waals surface area contributed by atoms with E-state index in [9.17, 15) is 9.59 Å². The van der Waals surface area contributed by atoms with E-state index in [4.69, 9.17) is 0 Å². The van der Waals surface area contributed by atoms with Crippen molar-refractivity contribution in [1.82, 2.24) is 0 Å². The van der Waals surface area contributed by atoms with Gasteiger partial charge < -0.3 is 18.6 Å². The van der Waals surface area contributed by atoms with Gasteiger partial charge in [0.05, 0.1) is 6.42 Å². The molecular weight excluding hydrogens is 268 g/mol. The van der Waals surface area contributed by atoms with Crippen LogP contribution in [0.4, 0.5) is 0 Å². The second-order valence-electron chi connectivity index (χ2n) is 4.41. The zero-order valence-corrected chi connectivity index (χ0v) is 13.0. The van der Waals surface area contributed by atoms with E-state index in [1.54, 1.807) is 0 Å². The number of aldehydes is 1. The van der Waals surface area contributed by atoms with Crippen molar-refractivity contribution in [1.29, 1.82) is 0 Å². The average molecular weight is 296 g/mol. The molecule has 108 valence electrons. The van der Waals surface area contributed by atoms with E-state index in [1.807, 2.05) is 0 Å². The second kappa shape index (κ2) is 19.2. The zero-order chi connectivity index (χ0) is 12.1. The summed E-state index contributed by atoms with van der Waals surface area (Å²) >= 11 is 0. The SMILES string of the molecule is C1CCCC1.CC(=O)CC=O.[CH-]1CCCC1.[CH3-].[Fe+2]. The Morgan fingerprint density at radius 2 is 1.39 bits per heavy atom. The molecule has 2 aliphatic rings. The summed E-state index contributed by atoms with van der Waals surface area (Å²) in [6.45, 7) is 1.38. The molecule has 3 heteroatoms. The number of hydrogen-bond donors (Lipinski definition) is 0. The van der Waals surface area contributed by atoms with Gasteiger partial charge in [0, 0.05) is 0 Å². The molecule has 0 atom stereocenters.